The van der Waals surface area contributed by atoms with Crippen LogP contribution < -0.4 is 10.6 Å². The molecular weight excluding hydrogens is 256 g/mol. The molecule has 0 saturated carbocycles. The van der Waals surface area contributed by atoms with Crippen LogP contribution in [0.2, 0.25) is 0 Å². The lowest BCUT2D eigenvalue weighted by Gasteiger charge is -2.27. The smallest absolute Gasteiger partial charge is 0.0706 e. The number of oxime groups is 2. The molecule has 20 heavy (non-hydrogen) atoms. The average Bonchev–Trinajstić information content (AvgIpc) is 2.45. The van der Waals surface area contributed by atoms with Crippen LogP contribution in [0.1, 0.15) is 34.6 Å². The lowest BCUT2D eigenvalue weighted by molar-refractivity contribution is 0.305. The first kappa shape index (κ1) is 20.7. The zero-order chi connectivity index (χ0) is 16.2. The van der Waals surface area contributed by atoms with Crippen molar-refractivity contribution in [2.75, 3.05) is 19.6 Å². The van der Waals surface area contributed by atoms with Crippen LogP contribution >= 0.6 is 0 Å². The maximum absolute atomic E-state index is 8.66. The van der Waals surface area contributed by atoms with Crippen molar-refractivity contribution in [3.05, 3.63) is 0 Å². The summed E-state index contributed by atoms with van der Waals surface area (Å²) >= 11 is 0. The van der Waals surface area contributed by atoms with Gasteiger partial charge in [-0.15, -0.1) is 12.8 Å². The van der Waals surface area contributed by atoms with E-state index >= 15 is 0 Å². The van der Waals surface area contributed by atoms with Crippen molar-refractivity contribution >= 4 is 11.4 Å². The molecule has 6 nitrogen and oxygen atoms in total. The Bertz CT molecular complexity index is 335. The van der Waals surface area contributed by atoms with Crippen LogP contribution in [0.5, 0.6) is 0 Å². The first-order chi connectivity index (χ1) is 9.32. The SMILES string of the molecule is C#C.C/C(CNCC(C)(C)CN[C@@H](C)/C(C)=N/O)=N\O. The summed E-state index contributed by atoms with van der Waals surface area (Å²) in [6.07, 6.45) is 8.00. The quantitative estimate of drug-likeness (QED) is 0.235. The van der Waals surface area contributed by atoms with E-state index in [1.54, 1.807) is 13.8 Å². The van der Waals surface area contributed by atoms with Gasteiger partial charge in [-0.2, -0.15) is 0 Å². The molecule has 0 aliphatic heterocycles. The summed E-state index contributed by atoms with van der Waals surface area (Å²) in [6, 6.07) is 0.0509. The number of terminal acetylenes is 1. The molecule has 0 unspecified atom stereocenters. The second-order valence-electron chi connectivity index (χ2n) is 5.45. The van der Waals surface area contributed by atoms with E-state index < -0.39 is 0 Å². The van der Waals surface area contributed by atoms with Crippen LogP contribution in [0, 0.1) is 18.3 Å². The van der Waals surface area contributed by atoms with Crippen molar-refractivity contribution in [1.82, 2.24) is 10.6 Å². The first-order valence-electron chi connectivity index (χ1n) is 6.46. The fourth-order valence-corrected chi connectivity index (χ4v) is 1.34. The third-order valence-corrected chi connectivity index (χ3v) is 2.83. The molecule has 0 rings (SSSR count). The molecule has 0 saturated heterocycles. The molecule has 1 atom stereocenters. The van der Waals surface area contributed by atoms with Crippen LogP contribution in [-0.4, -0.2) is 47.5 Å². The minimum absolute atomic E-state index is 0.0509. The predicted octanol–water partition coefficient (Wildman–Crippen LogP) is 1.53. The van der Waals surface area contributed by atoms with Gasteiger partial charge >= 0.3 is 0 Å². The second kappa shape index (κ2) is 11.3. The van der Waals surface area contributed by atoms with Crippen molar-refractivity contribution in [1.29, 1.82) is 0 Å². The van der Waals surface area contributed by atoms with Gasteiger partial charge in [0.25, 0.3) is 0 Å². The number of hydrogen-bond acceptors (Lipinski definition) is 6. The van der Waals surface area contributed by atoms with E-state index in [-0.39, 0.29) is 11.5 Å². The Morgan fingerprint density at radius 1 is 1.15 bits per heavy atom. The van der Waals surface area contributed by atoms with Crippen LogP contribution in [-0.2, 0) is 0 Å². The van der Waals surface area contributed by atoms with Crippen LogP contribution in [0.25, 0.3) is 0 Å². The largest absolute Gasteiger partial charge is 0.411 e. The Labute approximate surface area is 122 Å². The van der Waals surface area contributed by atoms with Crippen molar-refractivity contribution in [2.24, 2.45) is 15.7 Å². The zero-order valence-electron chi connectivity index (χ0n) is 13.1. The van der Waals surface area contributed by atoms with Gasteiger partial charge in [0.2, 0.25) is 0 Å². The third kappa shape index (κ3) is 10.4. The summed E-state index contributed by atoms with van der Waals surface area (Å²) in [6.45, 7) is 11.9. The topological polar surface area (TPSA) is 89.2 Å². The van der Waals surface area contributed by atoms with Gasteiger partial charge < -0.3 is 21.0 Å². The van der Waals surface area contributed by atoms with Gasteiger partial charge in [-0.05, 0) is 26.2 Å². The van der Waals surface area contributed by atoms with Crippen LogP contribution in [0.15, 0.2) is 10.3 Å². The van der Waals surface area contributed by atoms with Gasteiger partial charge in [0, 0.05) is 25.7 Å². The van der Waals surface area contributed by atoms with E-state index in [1.807, 2.05) is 6.92 Å². The minimum atomic E-state index is 0.0509. The normalized spacial score (nSPS) is 14.3. The van der Waals surface area contributed by atoms with E-state index in [0.717, 1.165) is 13.1 Å². The molecule has 0 spiro atoms. The van der Waals surface area contributed by atoms with Crippen LogP contribution in [0.4, 0.5) is 0 Å². The average molecular weight is 284 g/mol. The molecule has 0 aromatic heterocycles. The molecule has 0 fully saturated rings. The molecule has 0 radical (unpaired) electrons. The molecule has 0 heterocycles. The predicted molar refractivity (Wildman–Crippen MR) is 83.8 cm³/mol. The van der Waals surface area contributed by atoms with E-state index in [2.05, 4.69) is 47.6 Å². The van der Waals surface area contributed by atoms with Gasteiger partial charge in [0.1, 0.15) is 0 Å². The summed E-state index contributed by atoms with van der Waals surface area (Å²) in [5.74, 6) is 0. The van der Waals surface area contributed by atoms with Gasteiger partial charge in [-0.25, -0.2) is 0 Å². The number of hydrogen-bond donors (Lipinski definition) is 4. The minimum Gasteiger partial charge on any atom is -0.411 e. The fraction of sp³-hybridized carbons (Fsp3) is 0.714. The maximum Gasteiger partial charge on any atom is 0.0706 e. The Kier molecular flexibility index (Phi) is 11.7. The highest BCUT2D eigenvalue weighted by Gasteiger charge is 2.19. The monoisotopic (exact) mass is 284 g/mol. The van der Waals surface area contributed by atoms with Gasteiger partial charge in [-0.3, -0.25) is 0 Å². The second-order valence-corrected chi connectivity index (χ2v) is 5.45. The summed E-state index contributed by atoms with van der Waals surface area (Å²) in [5, 5.41) is 30.0. The third-order valence-electron chi connectivity index (χ3n) is 2.83. The summed E-state index contributed by atoms with van der Waals surface area (Å²) in [7, 11) is 0. The molecule has 0 aromatic rings. The molecule has 6 heteroatoms. The van der Waals surface area contributed by atoms with Crippen molar-refractivity contribution in [3.8, 4) is 12.8 Å². The van der Waals surface area contributed by atoms with E-state index in [4.69, 9.17) is 10.4 Å². The summed E-state index contributed by atoms with van der Waals surface area (Å²) in [4.78, 5) is 0. The van der Waals surface area contributed by atoms with E-state index in [0.29, 0.717) is 18.0 Å². The highest BCUT2D eigenvalue weighted by atomic mass is 16.4. The highest BCUT2D eigenvalue weighted by molar-refractivity contribution is 5.86. The maximum atomic E-state index is 8.66. The molecule has 0 aliphatic carbocycles. The van der Waals surface area contributed by atoms with Crippen molar-refractivity contribution in [3.63, 3.8) is 0 Å². The number of rotatable bonds is 8. The Morgan fingerprint density at radius 2 is 1.70 bits per heavy atom. The van der Waals surface area contributed by atoms with E-state index in [1.165, 1.54) is 0 Å². The van der Waals surface area contributed by atoms with E-state index in [9.17, 15) is 0 Å². The van der Waals surface area contributed by atoms with Crippen LogP contribution in [0.3, 0.4) is 0 Å². The van der Waals surface area contributed by atoms with Gasteiger partial charge in [0.05, 0.1) is 11.4 Å². The lowest BCUT2D eigenvalue weighted by Crippen LogP contribution is -2.43. The first-order valence-corrected chi connectivity index (χ1v) is 6.46. The van der Waals surface area contributed by atoms with Gasteiger partial charge in [0.15, 0.2) is 0 Å². The Hall–Kier alpha value is -1.58. The molecular formula is C14H28N4O2. The Morgan fingerprint density at radius 3 is 2.15 bits per heavy atom. The molecule has 4 N–H and O–H groups in total. The lowest BCUT2D eigenvalue weighted by atomic mass is 9.93. The number of nitrogens with one attached hydrogen (secondary N) is 2. The molecule has 0 aromatic carbocycles. The molecule has 0 bridgehead atoms. The summed E-state index contributed by atoms with van der Waals surface area (Å²) in [5.41, 5.74) is 1.39. The standard InChI is InChI=1S/C12H26N4O2.C2H2/c1-9(15-17)6-13-7-12(4,5)8-14-10(2)11(3)16-18;1-2/h10,13-14,17-18H,6-8H2,1-5H3;1-2H/b15-9+,16-11+;/t10-;/m0./s1. The molecule has 0 amide bonds. The van der Waals surface area contributed by atoms with Gasteiger partial charge in [-0.1, -0.05) is 24.2 Å². The number of nitrogens with zero attached hydrogens (tertiary/aromatic N) is 2. The molecule has 116 valence electrons. The zero-order valence-corrected chi connectivity index (χ0v) is 13.1. The fourth-order valence-electron chi connectivity index (χ4n) is 1.34. The van der Waals surface area contributed by atoms with Crippen molar-refractivity contribution < 1.29 is 10.4 Å². The molecule has 0 aliphatic rings. The Balaban J connectivity index is 0. The van der Waals surface area contributed by atoms with Crippen molar-refractivity contribution in [2.45, 2.75) is 40.7 Å². The highest BCUT2D eigenvalue weighted by Crippen LogP contribution is 2.12. The summed E-state index contributed by atoms with van der Waals surface area (Å²) < 4.78 is 0.